The molecule has 0 aliphatic carbocycles. The fourth-order valence-corrected chi connectivity index (χ4v) is 3.84. The lowest BCUT2D eigenvalue weighted by Gasteiger charge is -2.29. The quantitative estimate of drug-likeness (QED) is 0.840. The zero-order valence-corrected chi connectivity index (χ0v) is 13.6. The maximum absolute atomic E-state index is 13.5. The van der Waals surface area contributed by atoms with E-state index in [4.69, 9.17) is 0 Å². The Bertz CT molecular complexity index is 734. The van der Waals surface area contributed by atoms with Crippen molar-refractivity contribution in [2.45, 2.75) is 12.8 Å². The molecule has 2 saturated heterocycles. The van der Waals surface area contributed by atoms with Crippen LogP contribution in [0.25, 0.3) is 11.1 Å². The predicted octanol–water partition coefficient (Wildman–Crippen LogP) is 3.56. The summed E-state index contributed by atoms with van der Waals surface area (Å²) >= 11 is 0. The summed E-state index contributed by atoms with van der Waals surface area (Å²) in [6.07, 6.45) is 6.14. The molecular weight excluding hydrogens is 308 g/mol. The first-order valence-electron chi connectivity index (χ1n) is 8.57. The van der Waals surface area contributed by atoms with Crippen molar-refractivity contribution in [1.29, 1.82) is 0 Å². The Morgan fingerprint density at radius 2 is 1.83 bits per heavy atom. The van der Waals surface area contributed by atoms with Crippen LogP contribution in [0.4, 0.5) is 14.5 Å². The summed E-state index contributed by atoms with van der Waals surface area (Å²) in [4.78, 5) is 9.26. The van der Waals surface area contributed by atoms with Gasteiger partial charge in [-0.1, -0.05) is 6.07 Å². The van der Waals surface area contributed by atoms with Crippen molar-refractivity contribution in [3.63, 3.8) is 0 Å². The fourth-order valence-electron chi connectivity index (χ4n) is 3.84. The van der Waals surface area contributed by atoms with Gasteiger partial charge in [-0.15, -0.1) is 0 Å². The van der Waals surface area contributed by atoms with E-state index in [-0.39, 0.29) is 0 Å². The minimum Gasteiger partial charge on any atom is -0.369 e. The highest BCUT2D eigenvalue weighted by Crippen LogP contribution is 2.28. The molecule has 0 spiro atoms. The van der Waals surface area contributed by atoms with Gasteiger partial charge in [-0.25, -0.2) is 8.78 Å². The molecule has 2 aromatic rings. The Kier molecular flexibility index (Phi) is 4.19. The molecule has 1 aromatic carbocycles. The molecule has 2 aliphatic heterocycles. The number of rotatable bonds is 2. The molecule has 2 unspecified atom stereocenters. The highest BCUT2D eigenvalue weighted by molar-refractivity contribution is 5.67. The van der Waals surface area contributed by atoms with Gasteiger partial charge < -0.3 is 9.80 Å². The molecule has 0 N–H and O–H groups in total. The van der Waals surface area contributed by atoms with Gasteiger partial charge in [0, 0.05) is 37.9 Å². The number of benzene rings is 1. The second-order valence-electron chi connectivity index (χ2n) is 6.82. The molecule has 4 rings (SSSR count). The number of anilines is 1. The highest BCUT2D eigenvalue weighted by atomic mass is 19.2. The van der Waals surface area contributed by atoms with Crippen LogP contribution in [0, 0.1) is 17.6 Å². The number of nitrogens with zero attached hydrogens (tertiary/aromatic N) is 3. The van der Waals surface area contributed by atoms with E-state index in [1.807, 2.05) is 12.3 Å². The summed E-state index contributed by atoms with van der Waals surface area (Å²) in [7, 11) is 0. The number of pyridine rings is 1. The molecule has 0 amide bonds. The van der Waals surface area contributed by atoms with Crippen LogP contribution in [0.1, 0.15) is 12.8 Å². The summed E-state index contributed by atoms with van der Waals surface area (Å²) in [6.45, 7) is 5.50. The molecule has 24 heavy (non-hydrogen) atoms. The first-order valence-corrected chi connectivity index (χ1v) is 8.57. The number of fused-ring (bicyclic) bond motifs is 2. The third-order valence-electron chi connectivity index (χ3n) is 5.11. The van der Waals surface area contributed by atoms with E-state index in [9.17, 15) is 8.78 Å². The molecule has 2 aliphatic rings. The lowest BCUT2D eigenvalue weighted by Crippen LogP contribution is -2.35. The molecule has 3 heterocycles. The third-order valence-corrected chi connectivity index (χ3v) is 5.11. The van der Waals surface area contributed by atoms with Crippen LogP contribution < -0.4 is 4.90 Å². The van der Waals surface area contributed by atoms with Crippen molar-refractivity contribution in [2.75, 3.05) is 37.6 Å². The summed E-state index contributed by atoms with van der Waals surface area (Å²) in [5.41, 5.74) is 2.53. The number of halogens is 2. The predicted molar refractivity (Wildman–Crippen MR) is 91.0 cm³/mol. The molecule has 2 bridgehead atoms. The zero-order chi connectivity index (χ0) is 16.5. The molecule has 1 aromatic heterocycles. The van der Waals surface area contributed by atoms with Crippen LogP contribution in [0.2, 0.25) is 0 Å². The Morgan fingerprint density at radius 1 is 0.917 bits per heavy atom. The minimum absolute atomic E-state index is 0.653. The lowest BCUT2D eigenvalue weighted by molar-refractivity contribution is 0.201. The van der Waals surface area contributed by atoms with Crippen molar-refractivity contribution >= 4 is 5.69 Å². The monoisotopic (exact) mass is 329 g/mol. The highest BCUT2D eigenvalue weighted by Gasteiger charge is 2.26. The van der Waals surface area contributed by atoms with Gasteiger partial charge in [0.25, 0.3) is 0 Å². The number of hydrogen-bond acceptors (Lipinski definition) is 3. The van der Waals surface area contributed by atoms with Gasteiger partial charge in [0.15, 0.2) is 11.6 Å². The molecule has 5 heteroatoms. The Balaban J connectivity index is 1.61. The second-order valence-corrected chi connectivity index (χ2v) is 6.82. The van der Waals surface area contributed by atoms with Gasteiger partial charge in [-0.3, -0.25) is 4.98 Å². The second kappa shape index (κ2) is 6.48. The Morgan fingerprint density at radius 3 is 2.71 bits per heavy atom. The number of hydrogen-bond donors (Lipinski definition) is 0. The van der Waals surface area contributed by atoms with Crippen molar-refractivity contribution < 1.29 is 8.78 Å². The molecule has 3 nitrogen and oxygen atoms in total. The Hall–Kier alpha value is -2.01. The van der Waals surface area contributed by atoms with E-state index in [2.05, 4.69) is 14.8 Å². The molecule has 0 radical (unpaired) electrons. The first-order chi connectivity index (χ1) is 11.7. The van der Waals surface area contributed by atoms with Crippen molar-refractivity contribution in [2.24, 2.45) is 5.92 Å². The van der Waals surface area contributed by atoms with E-state index >= 15 is 0 Å². The van der Waals surface area contributed by atoms with Gasteiger partial charge in [-0.05, 0) is 49.1 Å². The van der Waals surface area contributed by atoms with Crippen molar-refractivity contribution in [3.8, 4) is 11.1 Å². The summed E-state index contributed by atoms with van der Waals surface area (Å²) in [5, 5.41) is 0. The average Bonchev–Trinajstić information content (AvgIpc) is 2.75. The fraction of sp³-hybridized carbons (Fsp3) is 0.421. The standard InChI is InChI=1S/C19H21F2N3/c20-18-4-3-15(9-19(18)21)16-8-17(11-22-10-16)24-7-6-23-5-1-2-14(12-23)13-24/h3-4,8-11,14H,1-2,5-7,12-13H2. The first kappa shape index (κ1) is 15.5. The summed E-state index contributed by atoms with van der Waals surface area (Å²) in [6, 6.07) is 6.03. The van der Waals surface area contributed by atoms with Gasteiger partial charge >= 0.3 is 0 Å². The number of piperidine rings is 1. The minimum atomic E-state index is -0.825. The van der Waals surface area contributed by atoms with Crippen LogP contribution in [-0.4, -0.2) is 42.6 Å². The smallest absolute Gasteiger partial charge is 0.159 e. The molecular formula is C19H21F2N3. The van der Waals surface area contributed by atoms with E-state index < -0.39 is 11.6 Å². The summed E-state index contributed by atoms with van der Waals surface area (Å²) in [5.74, 6) is -0.945. The van der Waals surface area contributed by atoms with E-state index in [0.717, 1.165) is 30.9 Å². The van der Waals surface area contributed by atoms with Crippen LogP contribution in [0.15, 0.2) is 36.7 Å². The maximum Gasteiger partial charge on any atom is 0.159 e. The van der Waals surface area contributed by atoms with Crippen molar-refractivity contribution in [3.05, 3.63) is 48.3 Å². The topological polar surface area (TPSA) is 19.4 Å². The Labute approximate surface area is 140 Å². The van der Waals surface area contributed by atoms with Crippen LogP contribution in [0.5, 0.6) is 0 Å². The molecule has 126 valence electrons. The zero-order valence-electron chi connectivity index (χ0n) is 13.6. The largest absolute Gasteiger partial charge is 0.369 e. The number of aromatic nitrogens is 1. The van der Waals surface area contributed by atoms with Gasteiger partial charge in [0.05, 0.1) is 11.9 Å². The van der Waals surface area contributed by atoms with Gasteiger partial charge in [0.1, 0.15) is 0 Å². The van der Waals surface area contributed by atoms with Crippen LogP contribution in [-0.2, 0) is 0 Å². The van der Waals surface area contributed by atoms with E-state index in [1.165, 1.54) is 38.1 Å². The van der Waals surface area contributed by atoms with Crippen molar-refractivity contribution in [1.82, 2.24) is 9.88 Å². The molecule has 2 fully saturated rings. The third kappa shape index (κ3) is 3.13. The maximum atomic E-state index is 13.5. The average molecular weight is 329 g/mol. The summed E-state index contributed by atoms with van der Waals surface area (Å²) < 4.78 is 26.7. The van der Waals surface area contributed by atoms with Crippen LogP contribution in [0.3, 0.4) is 0 Å². The lowest BCUT2D eigenvalue weighted by atomic mass is 9.98. The van der Waals surface area contributed by atoms with E-state index in [1.54, 1.807) is 12.3 Å². The molecule has 2 atom stereocenters. The molecule has 0 saturated carbocycles. The normalized spacial score (nSPS) is 23.8. The van der Waals surface area contributed by atoms with Gasteiger partial charge in [0.2, 0.25) is 0 Å². The van der Waals surface area contributed by atoms with Gasteiger partial charge in [-0.2, -0.15) is 0 Å². The van der Waals surface area contributed by atoms with E-state index in [0.29, 0.717) is 11.5 Å². The SMILES string of the molecule is Fc1ccc(-c2cncc(N3CCN4CCCC(C4)C3)c2)cc1F. The van der Waals surface area contributed by atoms with Crippen LogP contribution >= 0.6 is 0 Å².